The van der Waals surface area contributed by atoms with Crippen LogP contribution in [-0.4, -0.2) is 42.8 Å². The fraction of sp³-hybridized carbons (Fsp3) is 0.391. The Bertz CT molecular complexity index is 1060. The summed E-state index contributed by atoms with van der Waals surface area (Å²) in [5.41, 5.74) is 3.14. The number of hydrogen-bond acceptors (Lipinski definition) is 5. The van der Waals surface area contributed by atoms with Gasteiger partial charge in [0.05, 0.1) is 38.1 Å². The Morgan fingerprint density at radius 3 is 2.30 bits per heavy atom. The number of methoxy groups -OCH3 is 3. The number of nitrogens with zero attached hydrogens (tertiary/aromatic N) is 2. The number of rotatable bonds is 6. The van der Waals surface area contributed by atoms with Crippen molar-refractivity contribution in [1.82, 2.24) is 14.9 Å². The van der Waals surface area contributed by atoms with Gasteiger partial charge >= 0.3 is 0 Å². The molecule has 1 saturated carbocycles. The Balaban J connectivity index is 1.74. The Hall–Kier alpha value is -3.22. The van der Waals surface area contributed by atoms with Crippen molar-refractivity contribution in [2.75, 3.05) is 21.3 Å². The van der Waals surface area contributed by atoms with E-state index in [1.165, 1.54) is 12.8 Å². The van der Waals surface area contributed by atoms with Crippen LogP contribution in [0.3, 0.4) is 0 Å². The zero-order valence-corrected chi connectivity index (χ0v) is 17.8. The average molecular weight is 409 g/mol. The number of carbonyl (C=O) groups excluding carboxylic acids is 1. The number of amides is 1. The van der Waals surface area contributed by atoms with Crippen LogP contribution in [0.1, 0.15) is 41.9 Å². The van der Waals surface area contributed by atoms with Crippen LogP contribution in [0.25, 0.3) is 16.7 Å². The molecule has 0 saturated heterocycles. The van der Waals surface area contributed by atoms with Crippen LogP contribution in [-0.2, 0) is 0 Å². The van der Waals surface area contributed by atoms with Gasteiger partial charge in [0, 0.05) is 23.7 Å². The summed E-state index contributed by atoms with van der Waals surface area (Å²) in [5, 5.41) is 3.14. The van der Waals surface area contributed by atoms with Gasteiger partial charge in [-0.25, -0.2) is 4.98 Å². The Kier molecular flexibility index (Phi) is 5.53. The molecule has 2 aromatic carbocycles. The lowest BCUT2D eigenvalue weighted by molar-refractivity contribution is 0.0938. The second kappa shape index (κ2) is 8.26. The maximum absolute atomic E-state index is 12.7. The molecule has 0 spiro atoms. The molecule has 158 valence electrons. The summed E-state index contributed by atoms with van der Waals surface area (Å²) in [5.74, 6) is 2.44. The van der Waals surface area contributed by atoms with Crippen LogP contribution >= 0.6 is 0 Å². The summed E-state index contributed by atoms with van der Waals surface area (Å²) in [6.07, 6.45) is 4.48. The summed E-state index contributed by atoms with van der Waals surface area (Å²) < 4.78 is 18.4. The van der Waals surface area contributed by atoms with E-state index in [1.807, 2.05) is 41.8 Å². The average Bonchev–Trinajstić information content (AvgIpc) is 3.38. The first-order chi connectivity index (χ1) is 14.5. The third-order valence-corrected chi connectivity index (χ3v) is 5.68. The van der Waals surface area contributed by atoms with Gasteiger partial charge in [-0.3, -0.25) is 9.36 Å². The van der Waals surface area contributed by atoms with Crippen LogP contribution in [0.15, 0.2) is 30.3 Å². The molecule has 4 rings (SSSR count). The molecule has 0 bridgehead atoms. The van der Waals surface area contributed by atoms with E-state index in [1.54, 1.807) is 21.3 Å². The number of hydrogen-bond donors (Lipinski definition) is 1. The summed E-state index contributed by atoms with van der Waals surface area (Å²) in [6.45, 7) is 1.93. The molecule has 1 heterocycles. The molecule has 1 aliphatic rings. The number of aromatic nitrogens is 2. The fourth-order valence-electron chi connectivity index (χ4n) is 4.20. The van der Waals surface area contributed by atoms with Gasteiger partial charge in [0.25, 0.3) is 5.91 Å². The van der Waals surface area contributed by atoms with Gasteiger partial charge in [0.2, 0.25) is 5.75 Å². The summed E-state index contributed by atoms with van der Waals surface area (Å²) in [7, 11) is 4.76. The van der Waals surface area contributed by atoms with Gasteiger partial charge in [-0.05, 0) is 38.0 Å². The quantitative estimate of drug-likeness (QED) is 0.665. The normalized spacial score (nSPS) is 14.1. The minimum Gasteiger partial charge on any atom is -0.493 e. The minimum absolute atomic E-state index is 0.0382. The van der Waals surface area contributed by atoms with Crippen LogP contribution in [0.5, 0.6) is 17.2 Å². The van der Waals surface area contributed by atoms with Crippen molar-refractivity contribution in [2.45, 2.75) is 38.6 Å². The highest BCUT2D eigenvalue weighted by Gasteiger charge is 2.20. The molecule has 1 aliphatic carbocycles. The molecule has 1 N–H and O–H groups in total. The fourth-order valence-corrected chi connectivity index (χ4v) is 4.20. The number of imidazole rings is 1. The number of nitrogens with one attached hydrogen (secondary N) is 1. The van der Waals surface area contributed by atoms with Gasteiger partial charge in [-0.2, -0.15) is 0 Å². The molecular formula is C23H27N3O4. The standard InChI is InChI=1S/C23H27N3O4/c1-14-24-18-11-15(23(27)25-16-7-5-6-8-16)9-10-19(18)26(14)17-12-20(28-2)22(30-4)21(13-17)29-3/h9-13,16H,5-8H2,1-4H3,(H,25,27). The van der Waals surface area contributed by atoms with Gasteiger partial charge in [0.1, 0.15) is 5.82 Å². The number of carbonyl (C=O) groups is 1. The van der Waals surface area contributed by atoms with E-state index >= 15 is 0 Å². The molecule has 0 aliphatic heterocycles. The van der Waals surface area contributed by atoms with Crippen molar-refractivity contribution in [3.63, 3.8) is 0 Å². The first kappa shape index (κ1) is 20.1. The highest BCUT2D eigenvalue weighted by molar-refractivity contribution is 5.97. The molecule has 0 atom stereocenters. The van der Waals surface area contributed by atoms with E-state index in [2.05, 4.69) is 10.3 Å². The first-order valence-electron chi connectivity index (χ1n) is 10.2. The van der Waals surface area contributed by atoms with Gasteiger partial charge in [0.15, 0.2) is 11.5 Å². The second-order valence-corrected chi connectivity index (χ2v) is 7.54. The Morgan fingerprint density at radius 1 is 1.03 bits per heavy atom. The second-order valence-electron chi connectivity index (χ2n) is 7.54. The SMILES string of the molecule is COc1cc(-n2c(C)nc3cc(C(=O)NC4CCCC4)ccc32)cc(OC)c1OC. The monoisotopic (exact) mass is 409 g/mol. The lowest BCUT2D eigenvalue weighted by Gasteiger charge is -2.16. The number of aryl methyl sites for hydroxylation is 1. The predicted octanol–water partition coefficient (Wildman–Crippen LogP) is 4.03. The molecule has 3 aromatic rings. The molecule has 7 nitrogen and oxygen atoms in total. The van der Waals surface area contributed by atoms with E-state index < -0.39 is 0 Å². The third kappa shape index (κ3) is 3.56. The Labute approximate surface area is 176 Å². The third-order valence-electron chi connectivity index (χ3n) is 5.68. The van der Waals surface area contributed by atoms with E-state index in [0.717, 1.165) is 35.4 Å². The molecular weight excluding hydrogens is 382 g/mol. The first-order valence-corrected chi connectivity index (χ1v) is 10.2. The van der Waals surface area contributed by atoms with Gasteiger partial charge in [-0.1, -0.05) is 12.8 Å². The maximum Gasteiger partial charge on any atom is 0.251 e. The molecule has 30 heavy (non-hydrogen) atoms. The summed E-state index contributed by atoms with van der Waals surface area (Å²) in [6, 6.07) is 9.68. The van der Waals surface area contributed by atoms with Crippen LogP contribution in [0, 0.1) is 6.92 Å². The maximum atomic E-state index is 12.7. The van der Waals surface area contributed by atoms with Crippen LogP contribution in [0.2, 0.25) is 0 Å². The van der Waals surface area contributed by atoms with Gasteiger partial charge < -0.3 is 19.5 Å². The van der Waals surface area contributed by atoms with Crippen molar-refractivity contribution in [2.24, 2.45) is 0 Å². The van der Waals surface area contributed by atoms with Crippen molar-refractivity contribution >= 4 is 16.9 Å². The Morgan fingerprint density at radius 2 is 1.70 bits per heavy atom. The molecule has 0 unspecified atom stereocenters. The molecule has 7 heteroatoms. The zero-order valence-electron chi connectivity index (χ0n) is 17.8. The summed E-state index contributed by atoms with van der Waals surface area (Å²) >= 11 is 0. The molecule has 0 radical (unpaired) electrons. The minimum atomic E-state index is -0.0382. The van der Waals surface area contributed by atoms with Crippen molar-refractivity contribution < 1.29 is 19.0 Å². The lowest BCUT2D eigenvalue weighted by Crippen LogP contribution is -2.32. The lowest BCUT2D eigenvalue weighted by atomic mass is 10.1. The topological polar surface area (TPSA) is 74.6 Å². The predicted molar refractivity (Wildman–Crippen MR) is 115 cm³/mol. The van der Waals surface area contributed by atoms with Crippen molar-refractivity contribution in [3.05, 3.63) is 41.7 Å². The zero-order chi connectivity index (χ0) is 21.3. The van der Waals surface area contributed by atoms with E-state index in [4.69, 9.17) is 14.2 Å². The number of benzene rings is 2. The molecule has 1 fully saturated rings. The van der Waals surface area contributed by atoms with Crippen LogP contribution in [0.4, 0.5) is 0 Å². The number of fused-ring (bicyclic) bond motifs is 1. The summed E-state index contributed by atoms with van der Waals surface area (Å²) in [4.78, 5) is 17.3. The highest BCUT2D eigenvalue weighted by Crippen LogP contribution is 2.40. The largest absolute Gasteiger partial charge is 0.493 e. The van der Waals surface area contributed by atoms with E-state index in [-0.39, 0.29) is 11.9 Å². The van der Waals surface area contributed by atoms with Gasteiger partial charge in [-0.15, -0.1) is 0 Å². The smallest absolute Gasteiger partial charge is 0.251 e. The molecule has 1 aromatic heterocycles. The van der Waals surface area contributed by atoms with Crippen molar-refractivity contribution in [3.8, 4) is 22.9 Å². The van der Waals surface area contributed by atoms with E-state index in [9.17, 15) is 4.79 Å². The number of ether oxygens (including phenoxy) is 3. The highest BCUT2D eigenvalue weighted by atomic mass is 16.5. The van der Waals surface area contributed by atoms with Crippen LogP contribution < -0.4 is 19.5 Å². The van der Waals surface area contributed by atoms with E-state index in [0.29, 0.717) is 22.8 Å². The molecule has 1 amide bonds. The van der Waals surface area contributed by atoms with Crippen molar-refractivity contribution in [1.29, 1.82) is 0 Å².